The highest BCUT2D eigenvalue weighted by Gasteiger charge is 2.16. The lowest BCUT2D eigenvalue weighted by Crippen LogP contribution is -2.25. The van der Waals surface area contributed by atoms with Gasteiger partial charge >= 0.3 is 0 Å². The summed E-state index contributed by atoms with van der Waals surface area (Å²) >= 11 is 1.61. The molecule has 1 nitrogen and oxygen atoms in total. The molecule has 19 heavy (non-hydrogen) atoms. The van der Waals surface area contributed by atoms with E-state index in [1.54, 1.807) is 11.3 Å². The SMILES string of the molecule is CCCNC(Cc1ccsc1)c1cc(F)ccc1F. The van der Waals surface area contributed by atoms with Gasteiger partial charge in [0.2, 0.25) is 0 Å². The lowest BCUT2D eigenvalue weighted by molar-refractivity contribution is 0.491. The van der Waals surface area contributed by atoms with Crippen molar-refractivity contribution in [3.8, 4) is 0 Å². The molecule has 0 amide bonds. The fourth-order valence-electron chi connectivity index (χ4n) is 2.04. The van der Waals surface area contributed by atoms with Crippen molar-refractivity contribution in [1.29, 1.82) is 0 Å². The van der Waals surface area contributed by atoms with Gasteiger partial charge in [0, 0.05) is 11.6 Å². The number of halogens is 2. The van der Waals surface area contributed by atoms with E-state index >= 15 is 0 Å². The molecule has 0 aliphatic heterocycles. The third kappa shape index (κ3) is 3.85. The lowest BCUT2D eigenvalue weighted by Gasteiger charge is -2.19. The predicted molar refractivity (Wildman–Crippen MR) is 75.4 cm³/mol. The van der Waals surface area contributed by atoms with Crippen molar-refractivity contribution in [1.82, 2.24) is 5.32 Å². The summed E-state index contributed by atoms with van der Waals surface area (Å²) in [7, 11) is 0. The Labute approximate surface area is 116 Å². The average Bonchev–Trinajstić information content (AvgIpc) is 2.90. The second kappa shape index (κ2) is 6.78. The van der Waals surface area contributed by atoms with E-state index in [9.17, 15) is 8.78 Å². The first-order valence-corrected chi connectivity index (χ1v) is 7.34. The van der Waals surface area contributed by atoms with E-state index in [0.29, 0.717) is 12.0 Å². The molecule has 0 spiro atoms. The summed E-state index contributed by atoms with van der Waals surface area (Å²) in [6.45, 7) is 2.83. The van der Waals surface area contributed by atoms with E-state index in [1.165, 1.54) is 12.1 Å². The van der Waals surface area contributed by atoms with E-state index in [0.717, 1.165) is 24.6 Å². The van der Waals surface area contributed by atoms with Crippen LogP contribution in [0.5, 0.6) is 0 Å². The third-order valence-corrected chi connectivity index (χ3v) is 3.73. The molecule has 102 valence electrons. The van der Waals surface area contributed by atoms with Gasteiger partial charge in [0.25, 0.3) is 0 Å². The van der Waals surface area contributed by atoms with Crippen LogP contribution in [0.1, 0.15) is 30.5 Å². The quantitative estimate of drug-likeness (QED) is 0.832. The summed E-state index contributed by atoms with van der Waals surface area (Å²) in [5.41, 5.74) is 1.54. The van der Waals surface area contributed by atoms with Crippen molar-refractivity contribution in [3.05, 3.63) is 57.8 Å². The summed E-state index contributed by atoms with van der Waals surface area (Å²) in [5, 5.41) is 7.32. The second-order valence-corrected chi connectivity index (χ2v) is 5.29. The summed E-state index contributed by atoms with van der Waals surface area (Å²) in [5.74, 6) is -0.754. The minimum Gasteiger partial charge on any atom is -0.310 e. The van der Waals surface area contributed by atoms with Crippen LogP contribution in [-0.2, 0) is 6.42 Å². The van der Waals surface area contributed by atoms with Gasteiger partial charge in [-0.3, -0.25) is 0 Å². The van der Waals surface area contributed by atoms with Crippen LogP contribution in [0, 0.1) is 11.6 Å². The van der Waals surface area contributed by atoms with Crippen LogP contribution in [0.3, 0.4) is 0 Å². The monoisotopic (exact) mass is 281 g/mol. The van der Waals surface area contributed by atoms with Gasteiger partial charge in [-0.2, -0.15) is 11.3 Å². The van der Waals surface area contributed by atoms with Crippen molar-refractivity contribution in [3.63, 3.8) is 0 Å². The fourth-order valence-corrected chi connectivity index (χ4v) is 2.72. The Morgan fingerprint density at radius 2 is 2.11 bits per heavy atom. The summed E-state index contributed by atoms with van der Waals surface area (Å²) in [6.07, 6.45) is 1.63. The Kier molecular flexibility index (Phi) is 5.05. The molecular formula is C15H17F2NS. The topological polar surface area (TPSA) is 12.0 Å². The average molecular weight is 281 g/mol. The van der Waals surface area contributed by atoms with Gasteiger partial charge < -0.3 is 5.32 Å². The first-order valence-electron chi connectivity index (χ1n) is 6.40. The van der Waals surface area contributed by atoms with Crippen LogP contribution < -0.4 is 5.32 Å². The number of nitrogens with one attached hydrogen (secondary N) is 1. The molecule has 0 aliphatic carbocycles. The first-order chi connectivity index (χ1) is 9.20. The van der Waals surface area contributed by atoms with Crippen LogP contribution in [0.4, 0.5) is 8.78 Å². The molecule has 0 bridgehead atoms. The molecule has 1 aromatic carbocycles. The largest absolute Gasteiger partial charge is 0.310 e. The normalized spacial score (nSPS) is 12.6. The Balaban J connectivity index is 2.23. The molecule has 2 aromatic rings. The Morgan fingerprint density at radius 1 is 1.26 bits per heavy atom. The third-order valence-electron chi connectivity index (χ3n) is 2.99. The zero-order valence-corrected chi connectivity index (χ0v) is 11.6. The summed E-state index contributed by atoms with van der Waals surface area (Å²) < 4.78 is 27.2. The predicted octanol–water partition coefficient (Wildman–Crippen LogP) is 4.31. The lowest BCUT2D eigenvalue weighted by atomic mass is 9.99. The number of rotatable bonds is 6. The molecular weight excluding hydrogens is 264 g/mol. The maximum absolute atomic E-state index is 13.9. The van der Waals surface area contributed by atoms with Crippen molar-refractivity contribution in [2.45, 2.75) is 25.8 Å². The maximum Gasteiger partial charge on any atom is 0.128 e. The Hall–Kier alpha value is -1.26. The fraction of sp³-hybridized carbons (Fsp3) is 0.333. The Morgan fingerprint density at radius 3 is 2.79 bits per heavy atom. The molecule has 0 fully saturated rings. The van der Waals surface area contributed by atoms with E-state index < -0.39 is 5.82 Å². The van der Waals surface area contributed by atoms with Gasteiger partial charge in [0.1, 0.15) is 11.6 Å². The molecule has 1 aromatic heterocycles. The van der Waals surface area contributed by atoms with Crippen molar-refractivity contribution in [2.75, 3.05) is 6.54 Å². The zero-order valence-electron chi connectivity index (χ0n) is 10.8. The maximum atomic E-state index is 13.9. The minimum absolute atomic E-state index is 0.190. The molecule has 2 rings (SSSR count). The van der Waals surface area contributed by atoms with Crippen molar-refractivity contribution < 1.29 is 8.78 Å². The molecule has 1 unspecified atom stereocenters. The standard InChI is InChI=1S/C15H17F2NS/c1-2-6-18-15(8-11-5-7-19-10-11)13-9-12(16)3-4-14(13)17/h3-5,7,9-10,15,18H,2,6,8H2,1H3. The molecule has 4 heteroatoms. The number of thiophene rings is 1. The molecule has 1 atom stereocenters. The van der Waals surface area contributed by atoms with Crippen molar-refractivity contribution >= 4 is 11.3 Å². The number of benzene rings is 1. The highest BCUT2D eigenvalue weighted by atomic mass is 32.1. The van der Waals surface area contributed by atoms with Gasteiger partial charge in [-0.15, -0.1) is 0 Å². The molecule has 1 N–H and O–H groups in total. The summed E-state index contributed by atoms with van der Waals surface area (Å²) in [4.78, 5) is 0. The van der Waals surface area contributed by atoms with E-state index in [4.69, 9.17) is 0 Å². The second-order valence-electron chi connectivity index (χ2n) is 4.51. The van der Waals surface area contributed by atoms with Gasteiger partial charge in [-0.1, -0.05) is 6.92 Å². The van der Waals surface area contributed by atoms with Crippen LogP contribution >= 0.6 is 11.3 Å². The number of hydrogen-bond acceptors (Lipinski definition) is 2. The molecule has 0 radical (unpaired) electrons. The van der Waals surface area contributed by atoms with Gasteiger partial charge in [-0.05, 0) is 60.0 Å². The molecule has 0 saturated heterocycles. The van der Waals surface area contributed by atoms with Crippen LogP contribution in [0.15, 0.2) is 35.0 Å². The molecule has 0 aliphatic rings. The minimum atomic E-state index is -0.398. The van der Waals surface area contributed by atoms with Crippen LogP contribution in [0.25, 0.3) is 0 Å². The van der Waals surface area contributed by atoms with Gasteiger partial charge in [0.05, 0.1) is 0 Å². The Bertz CT molecular complexity index is 511. The van der Waals surface area contributed by atoms with E-state index in [-0.39, 0.29) is 11.9 Å². The molecule has 0 saturated carbocycles. The van der Waals surface area contributed by atoms with Crippen LogP contribution in [-0.4, -0.2) is 6.54 Å². The smallest absolute Gasteiger partial charge is 0.128 e. The zero-order chi connectivity index (χ0) is 13.7. The number of hydrogen-bond donors (Lipinski definition) is 1. The van der Waals surface area contributed by atoms with E-state index in [2.05, 4.69) is 12.2 Å². The highest BCUT2D eigenvalue weighted by Crippen LogP contribution is 2.23. The highest BCUT2D eigenvalue weighted by molar-refractivity contribution is 7.07. The molecule has 1 heterocycles. The van der Waals surface area contributed by atoms with Gasteiger partial charge in [-0.25, -0.2) is 8.78 Å². The van der Waals surface area contributed by atoms with Gasteiger partial charge in [0.15, 0.2) is 0 Å². The first kappa shape index (κ1) is 14.2. The van der Waals surface area contributed by atoms with Crippen LogP contribution in [0.2, 0.25) is 0 Å². The van der Waals surface area contributed by atoms with Crippen molar-refractivity contribution in [2.24, 2.45) is 0 Å². The van der Waals surface area contributed by atoms with E-state index in [1.807, 2.05) is 16.8 Å². The summed E-state index contributed by atoms with van der Waals surface area (Å²) in [6, 6.07) is 5.46.